The van der Waals surface area contributed by atoms with Crippen molar-refractivity contribution in [2.75, 3.05) is 0 Å². The molecule has 4 heteroatoms. The first-order valence-electron chi connectivity index (χ1n) is 3.56. The molecule has 13 heavy (non-hydrogen) atoms. The van der Waals surface area contributed by atoms with E-state index < -0.39 is 0 Å². The maximum atomic E-state index is 9.34. The summed E-state index contributed by atoms with van der Waals surface area (Å²) in [6, 6.07) is 7.21. The highest BCUT2D eigenvalue weighted by Gasteiger charge is 2.04. The minimum atomic E-state index is 0.151. The molecule has 1 aromatic heterocycles. The lowest BCUT2D eigenvalue weighted by Gasteiger charge is -1.95. The number of thiol groups is 1. The predicted octanol–water partition coefficient (Wildman–Crippen LogP) is 2.77. The summed E-state index contributed by atoms with van der Waals surface area (Å²) in [7, 11) is 0. The Morgan fingerprint density at radius 2 is 2.15 bits per heavy atom. The summed E-state index contributed by atoms with van der Waals surface area (Å²) in [5.74, 6) is 0.151. The number of nitriles is 1. The van der Waals surface area contributed by atoms with Crippen LogP contribution in [-0.2, 0) is 0 Å². The second-order valence-electron chi connectivity index (χ2n) is 2.60. The summed E-state index contributed by atoms with van der Waals surface area (Å²) in [6.07, 6.45) is 0. The van der Waals surface area contributed by atoms with Gasteiger partial charge < -0.3 is 5.11 Å². The minimum Gasteiger partial charge on any atom is -0.507 e. The van der Waals surface area contributed by atoms with Gasteiger partial charge in [-0.3, -0.25) is 0 Å². The van der Waals surface area contributed by atoms with Crippen LogP contribution in [0.4, 0.5) is 0 Å². The second kappa shape index (κ2) is 2.95. The van der Waals surface area contributed by atoms with Crippen molar-refractivity contribution < 1.29 is 5.11 Å². The van der Waals surface area contributed by atoms with E-state index in [0.29, 0.717) is 9.77 Å². The summed E-state index contributed by atoms with van der Waals surface area (Å²) in [5.41, 5.74) is 0. The highest BCUT2D eigenvalue weighted by atomic mass is 32.1. The van der Waals surface area contributed by atoms with E-state index in [0.717, 1.165) is 10.1 Å². The van der Waals surface area contributed by atoms with Gasteiger partial charge in [-0.1, -0.05) is 0 Å². The molecule has 64 valence electrons. The fourth-order valence-electron chi connectivity index (χ4n) is 1.12. The Kier molecular flexibility index (Phi) is 1.91. The Hall–Kier alpha value is -1.18. The Labute approximate surface area is 84.5 Å². The molecule has 0 aliphatic carbocycles. The molecule has 2 aromatic rings. The highest BCUT2D eigenvalue weighted by Crippen LogP contribution is 2.32. The summed E-state index contributed by atoms with van der Waals surface area (Å²) in [4.78, 5) is 1.19. The highest BCUT2D eigenvalue weighted by molar-refractivity contribution is 7.80. The van der Waals surface area contributed by atoms with E-state index in [2.05, 4.69) is 18.7 Å². The maximum Gasteiger partial charge on any atom is 0.129 e. The molecule has 0 radical (unpaired) electrons. The lowest BCUT2D eigenvalue weighted by atomic mass is 10.2. The third-order valence-corrected chi connectivity index (χ3v) is 3.08. The van der Waals surface area contributed by atoms with Crippen LogP contribution >= 0.6 is 24.0 Å². The minimum absolute atomic E-state index is 0.151. The molecule has 0 aliphatic rings. The molecule has 0 spiro atoms. The van der Waals surface area contributed by atoms with Crippen LogP contribution in [-0.4, -0.2) is 5.11 Å². The predicted molar refractivity (Wildman–Crippen MR) is 55.5 cm³/mol. The Bertz CT molecular complexity index is 471. The summed E-state index contributed by atoms with van der Waals surface area (Å²) in [6.45, 7) is 0. The van der Waals surface area contributed by atoms with Crippen molar-refractivity contribution in [3.8, 4) is 11.8 Å². The number of aromatic hydroxyl groups is 1. The van der Waals surface area contributed by atoms with Gasteiger partial charge in [-0.25, -0.2) is 0 Å². The molecule has 2 nitrogen and oxygen atoms in total. The number of phenolic OH excluding ortho intramolecular Hbond substituents is 1. The zero-order chi connectivity index (χ0) is 9.42. The van der Waals surface area contributed by atoms with E-state index in [1.165, 1.54) is 11.3 Å². The molecular formula is C9H5NOS2. The van der Waals surface area contributed by atoms with E-state index >= 15 is 0 Å². The number of hydrogen-bond acceptors (Lipinski definition) is 4. The fraction of sp³-hybridized carbons (Fsp3) is 0. The smallest absolute Gasteiger partial charge is 0.129 e. The number of phenols is 1. The monoisotopic (exact) mass is 207 g/mol. The molecule has 2 rings (SSSR count). The van der Waals surface area contributed by atoms with Crippen LogP contribution in [0, 0.1) is 11.3 Å². The molecule has 0 atom stereocenters. The Morgan fingerprint density at radius 1 is 1.38 bits per heavy atom. The molecular weight excluding hydrogens is 202 g/mol. The van der Waals surface area contributed by atoms with Gasteiger partial charge in [-0.05, 0) is 23.6 Å². The zero-order valence-electron chi connectivity index (χ0n) is 6.48. The number of benzene rings is 1. The molecule has 1 aromatic carbocycles. The topological polar surface area (TPSA) is 44.0 Å². The average Bonchev–Trinajstić information content (AvgIpc) is 2.48. The van der Waals surface area contributed by atoms with E-state index in [1.54, 1.807) is 18.2 Å². The number of nitrogens with zero attached hydrogens (tertiary/aromatic N) is 1. The standard InChI is InChI=1S/C9H5NOS2/c10-4-6-1-5-2-7(11)8(12)3-9(5)13-6/h1-3,11-12H. The van der Waals surface area contributed by atoms with Crippen LogP contribution in [0.25, 0.3) is 10.1 Å². The van der Waals surface area contributed by atoms with Crippen molar-refractivity contribution in [2.45, 2.75) is 4.90 Å². The van der Waals surface area contributed by atoms with Crippen LogP contribution in [0.5, 0.6) is 5.75 Å². The number of thiophene rings is 1. The molecule has 0 bridgehead atoms. The fourth-order valence-corrected chi connectivity index (χ4v) is 2.28. The average molecular weight is 207 g/mol. The molecule has 0 aliphatic heterocycles. The first-order chi connectivity index (χ1) is 6.20. The van der Waals surface area contributed by atoms with E-state index in [9.17, 15) is 5.11 Å². The molecule has 0 saturated carbocycles. The van der Waals surface area contributed by atoms with Crippen LogP contribution in [0.1, 0.15) is 4.88 Å². The third kappa shape index (κ3) is 1.37. The third-order valence-electron chi connectivity index (χ3n) is 1.72. The summed E-state index contributed by atoms with van der Waals surface area (Å²) >= 11 is 5.49. The molecule has 1 N–H and O–H groups in total. The van der Waals surface area contributed by atoms with Gasteiger partial charge in [0.2, 0.25) is 0 Å². The normalized spacial score (nSPS) is 10.2. The Balaban J connectivity index is 2.79. The molecule has 1 heterocycles. The van der Waals surface area contributed by atoms with Crippen molar-refractivity contribution in [3.05, 3.63) is 23.1 Å². The van der Waals surface area contributed by atoms with Gasteiger partial charge in [0.05, 0.1) is 0 Å². The summed E-state index contributed by atoms with van der Waals surface area (Å²) < 4.78 is 0.972. The first-order valence-corrected chi connectivity index (χ1v) is 4.82. The van der Waals surface area contributed by atoms with E-state index in [1.807, 2.05) is 0 Å². The summed E-state index contributed by atoms with van der Waals surface area (Å²) in [5, 5.41) is 18.9. The number of fused-ring (bicyclic) bond motifs is 1. The molecule has 0 amide bonds. The van der Waals surface area contributed by atoms with Crippen LogP contribution in [0.3, 0.4) is 0 Å². The van der Waals surface area contributed by atoms with Gasteiger partial charge >= 0.3 is 0 Å². The van der Waals surface area contributed by atoms with Crippen molar-refractivity contribution in [3.63, 3.8) is 0 Å². The SMILES string of the molecule is N#Cc1cc2cc(O)c(S)cc2s1. The van der Waals surface area contributed by atoms with Crippen molar-refractivity contribution in [1.29, 1.82) is 5.26 Å². The van der Waals surface area contributed by atoms with Gasteiger partial charge in [-0.15, -0.1) is 24.0 Å². The van der Waals surface area contributed by atoms with Crippen LogP contribution in [0.15, 0.2) is 23.1 Å². The second-order valence-corrected chi connectivity index (χ2v) is 4.17. The van der Waals surface area contributed by atoms with Crippen LogP contribution in [0.2, 0.25) is 0 Å². The zero-order valence-corrected chi connectivity index (χ0v) is 8.19. The van der Waals surface area contributed by atoms with Crippen molar-refractivity contribution in [1.82, 2.24) is 0 Å². The van der Waals surface area contributed by atoms with Gasteiger partial charge in [0.1, 0.15) is 16.7 Å². The quantitative estimate of drug-likeness (QED) is 0.652. The van der Waals surface area contributed by atoms with Gasteiger partial charge in [0.25, 0.3) is 0 Å². The lowest BCUT2D eigenvalue weighted by Crippen LogP contribution is -1.68. The van der Waals surface area contributed by atoms with E-state index in [4.69, 9.17) is 5.26 Å². The Morgan fingerprint density at radius 3 is 2.85 bits per heavy atom. The van der Waals surface area contributed by atoms with Crippen molar-refractivity contribution in [2.24, 2.45) is 0 Å². The largest absolute Gasteiger partial charge is 0.507 e. The van der Waals surface area contributed by atoms with Gasteiger partial charge in [-0.2, -0.15) is 5.26 Å². The number of hydrogen-bond donors (Lipinski definition) is 2. The van der Waals surface area contributed by atoms with Gasteiger partial charge in [0, 0.05) is 9.60 Å². The molecule has 0 fully saturated rings. The number of rotatable bonds is 0. The lowest BCUT2D eigenvalue weighted by molar-refractivity contribution is 0.464. The van der Waals surface area contributed by atoms with Gasteiger partial charge in [0.15, 0.2) is 0 Å². The van der Waals surface area contributed by atoms with Crippen LogP contribution < -0.4 is 0 Å². The van der Waals surface area contributed by atoms with E-state index in [-0.39, 0.29) is 5.75 Å². The van der Waals surface area contributed by atoms with Crippen molar-refractivity contribution >= 4 is 34.1 Å². The molecule has 0 saturated heterocycles. The first kappa shape index (κ1) is 8.42. The molecule has 0 unspecified atom stereocenters. The maximum absolute atomic E-state index is 9.34.